The summed E-state index contributed by atoms with van der Waals surface area (Å²) in [7, 11) is -3.23. The monoisotopic (exact) mass is 297 g/mol. The van der Waals surface area contributed by atoms with Crippen molar-refractivity contribution in [1.29, 1.82) is 0 Å². The molecule has 0 amide bonds. The fourth-order valence-electron chi connectivity index (χ4n) is 2.44. The van der Waals surface area contributed by atoms with Crippen molar-refractivity contribution in [2.75, 3.05) is 37.8 Å². The molecule has 2 rings (SSSR count). The van der Waals surface area contributed by atoms with E-state index in [0.717, 1.165) is 25.6 Å². The van der Waals surface area contributed by atoms with E-state index in [0.29, 0.717) is 12.4 Å². The number of nitrogens with zero attached hydrogens (tertiary/aromatic N) is 2. The van der Waals surface area contributed by atoms with Crippen LogP contribution in [-0.4, -0.2) is 50.7 Å². The van der Waals surface area contributed by atoms with Crippen molar-refractivity contribution in [2.24, 2.45) is 5.92 Å². The van der Waals surface area contributed by atoms with Gasteiger partial charge < -0.3 is 10.2 Å². The average Bonchev–Trinajstić information content (AvgIpc) is 2.40. The van der Waals surface area contributed by atoms with Gasteiger partial charge >= 0.3 is 0 Å². The van der Waals surface area contributed by atoms with Crippen LogP contribution in [-0.2, 0) is 9.84 Å². The van der Waals surface area contributed by atoms with Crippen LogP contribution in [0.5, 0.6) is 0 Å². The molecule has 0 unspecified atom stereocenters. The number of nitrogens with one attached hydrogen (secondary N) is 1. The number of sulfone groups is 1. The highest BCUT2D eigenvalue weighted by Crippen LogP contribution is 2.18. The Hall–Kier alpha value is -1.14. The van der Waals surface area contributed by atoms with Crippen LogP contribution in [0.2, 0.25) is 0 Å². The van der Waals surface area contributed by atoms with Crippen LogP contribution < -0.4 is 5.32 Å². The molecule has 1 aromatic rings. The molecule has 1 saturated heterocycles. The molecule has 1 N–H and O–H groups in total. The highest BCUT2D eigenvalue weighted by Gasteiger charge is 2.16. The van der Waals surface area contributed by atoms with E-state index >= 15 is 0 Å². The van der Waals surface area contributed by atoms with Crippen molar-refractivity contribution in [3.05, 3.63) is 18.3 Å². The van der Waals surface area contributed by atoms with E-state index in [1.807, 2.05) is 0 Å². The van der Waals surface area contributed by atoms with E-state index < -0.39 is 9.84 Å². The van der Waals surface area contributed by atoms with Gasteiger partial charge in [-0.1, -0.05) is 6.92 Å². The van der Waals surface area contributed by atoms with Gasteiger partial charge in [-0.15, -0.1) is 0 Å². The molecule has 0 spiro atoms. The van der Waals surface area contributed by atoms with Gasteiger partial charge in [0.15, 0.2) is 9.84 Å². The first kappa shape index (κ1) is 15.3. The fraction of sp³-hybridized carbons (Fsp3) is 0.643. The lowest BCUT2D eigenvalue weighted by Crippen LogP contribution is -2.36. The van der Waals surface area contributed by atoms with Crippen LogP contribution >= 0.6 is 0 Å². The van der Waals surface area contributed by atoms with E-state index in [9.17, 15) is 8.42 Å². The summed E-state index contributed by atoms with van der Waals surface area (Å²) in [6.45, 7) is 6.19. The van der Waals surface area contributed by atoms with Crippen LogP contribution in [0.3, 0.4) is 0 Å². The molecule has 0 aromatic carbocycles. The summed E-state index contributed by atoms with van der Waals surface area (Å²) in [6.07, 6.45) is 5.32. The summed E-state index contributed by atoms with van der Waals surface area (Å²) in [5, 5.41) is 3.15. The predicted octanol–water partition coefficient (Wildman–Crippen LogP) is 1.63. The Morgan fingerprint density at radius 1 is 1.40 bits per heavy atom. The Morgan fingerprint density at radius 3 is 2.75 bits per heavy atom. The Bertz CT molecular complexity index is 537. The van der Waals surface area contributed by atoms with Gasteiger partial charge in [-0.25, -0.2) is 13.4 Å². The first-order valence-corrected chi connectivity index (χ1v) is 8.97. The van der Waals surface area contributed by atoms with E-state index in [1.54, 1.807) is 18.3 Å². The normalized spacial score (nSPS) is 18.1. The Morgan fingerprint density at radius 2 is 2.10 bits per heavy atom. The maximum atomic E-state index is 11.7. The van der Waals surface area contributed by atoms with Gasteiger partial charge in [-0.2, -0.15) is 0 Å². The molecule has 0 aliphatic carbocycles. The highest BCUT2D eigenvalue weighted by atomic mass is 32.2. The minimum atomic E-state index is -3.23. The van der Waals surface area contributed by atoms with Crippen LogP contribution in [0, 0.1) is 5.92 Å². The Labute approximate surface area is 121 Å². The molecular formula is C14H23N3O2S. The molecule has 6 heteroatoms. The zero-order valence-corrected chi connectivity index (χ0v) is 13.0. The third-order valence-electron chi connectivity index (χ3n) is 3.77. The SMILES string of the molecule is CC1CCN(CCNc2ncccc2S(C)(=O)=O)CC1. The number of likely N-dealkylation sites (tertiary alicyclic amines) is 1. The topological polar surface area (TPSA) is 62.3 Å². The second kappa shape index (κ2) is 6.54. The maximum absolute atomic E-state index is 11.7. The second-order valence-corrected chi connectivity index (χ2v) is 7.56. The molecule has 1 fully saturated rings. The molecule has 2 heterocycles. The third kappa shape index (κ3) is 4.18. The van der Waals surface area contributed by atoms with Crippen molar-refractivity contribution in [3.63, 3.8) is 0 Å². The molecule has 20 heavy (non-hydrogen) atoms. The largest absolute Gasteiger partial charge is 0.368 e. The zero-order chi connectivity index (χ0) is 14.6. The van der Waals surface area contributed by atoms with E-state index in [4.69, 9.17) is 0 Å². The number of hydrogen-bond acceptors (Lipinski definition) is 5. The minimum absolute atomic E-state index is 0.271. The highest BCUT2D eigenvalue weighted by molar-refractivity contribution is 7.90. The molecule has 0 saturated carbocycles. The standard InChI is InChI=1S/C14H23N3O2S/c1-12-5-9-17(10-6-12)11-8-16-14-13(20(2,18)19)4-3-7-15-14/h3-4,7,12H,5-6,8-11H2,1-2H3,(H,15,16). The molecule has 1 aromatic heterocycles. The van der Waals surface area contributed by atoms with Crippen LogP contribution in [0.25, 0.3) is 0 Å². The zero-order valence-electron chi connectivity index (χ0n) is 12.2. The number of hydrogen-bond donors (Lipinski definition) is 1. The van der Waals surface area contributed by atoms with Crippen LogP contribution in [0.1, 0.15) is 19.8 Å². The molecule has 1 aliphatic heterocycles. The summed E-state index contributed by atoms with van der Waals surface area (Å²) < 4.78 is 23.3. The summed E-state index contributed by atoms with van der Waals surface area (Å²) in [4.78, 5) is 6.81. The molecule has 0 atom stereocenters. The number of rotatable bonds is 5. The first-order valence-electron chi connectivity index (χ1n) is 7.08. The second-order valence-electron chi connectivity index (χ2n) is 5.57. The van der Waals surface area contributed by atoms with Crippen LogP contribution in [0.4, 0.5) is 5.82 Å². The average molecular weight is 297 g/mol. The quantitative estimate of drug-likeness (QED) is 0.895. The van der Waals surface area contributed by atoms with E-state index in [1.165, 1.54) is 19.1 Å². The fourth-order valence-corrected chi connectivity index (χ4v) is 3.24. The van der Waals surface area contributed by atoms with E-state index in [2.05, 4.69) is 22.1 Å². The van der Waals surface area contributed by atoms with Gasteiger partial charge in [0, 0.05) is 25.5 Å². The van der Waals surface area contributed by atoms with Crippen molar-refractivity contribution in [1.82, 2.24) is 9.88 Å². The van der Waals surface area contributed by atoms with Crippen molar-refractivity contribution >= 4 is 15.7 Å². The Balaban J connectivity index is 1.89. The van der Waals surface area contributed by atoms with Gasteiger partial charge in [0.1, 0.15) is 10.7 Å². The summed E-state index contributed by atoms with van der Waals surface area (Å²) in [5.41, 5.74) is 0. The van der Waals surface area contributed by atoms with Gasteiger partial charge in [-0.05, 0) is 44.0 Å². The number of aromatic nitrogens is 1. The van der Waals surface area contributed by atoms with Crippen molar-refractivity contribution in [2.45, 2.75) is 24.7 Å². The van der Waals surface area contributed by atoms with E-state index in [-0.39, 0.29) is 4.90 Å². The molecular weight excluding hydrogens is 274 g/mol. The summed E-state index contributed by atoms with van der Waals surface area (Å²) >= 11 is 0. The number of anilines is 1. The summed E-state index contributed by atoms with van der Waals surface area (Å²) in [5.74, 6) is 1.28. The lowest BCUT2D eigenvalue weighted by Gasteiger charge is -2.30. The van der Waals surface area contributed by atoms with Gasteiger partial charge in [0.2, 0.25) is 0 Å². The van der Waals surface area contributed by atoms with Crippen LogP contribution in [0.15, 0.2) is 23.2 Å². The van der Waals surface area contributed by atoms with Gasteiger partial charge in [0.25, 0.3) is 0 Å². The van der Waals surface area contributed by atoms with Crippen molar-refractivity contribution in [3.8, 4) is 0 Å². The van der Waals surface area contributed by atoms with Gasteiger partial charge in [0.05, 0.1) is 0 Å². The lowest BCUT2D eigenvalue weighted by atomic mass is 9.99. The first-order chi connectivity index (χ1) is 9.47. The number of pyridine rings is 1. The molecule has 5 nitrogen and oxygen atoms in total. The predicted molar refractivity (Wildman–Crippen MR) is 80.7 cm³/mol. The number of piperidine rings is 1. The molecule has 1 aliphatic rings. The lowest BCUT2D eigenvalue weighted by molar-refractivity contribution is 0.199. The maximum Gasteiger partial charge on any atom is 0.179 e. The molecule has 0 bridgehead atoms. The molecule has 0 radical (unpaired) electrons. The Kier molecular flexibility index (Phi) is 4.99. The minimum Gasteiger partial charge on any atom is -0.368 e. The smallest absolute Gasteiger partial charge is 0.179 e. The molecule has 112 valence electrons. The summed E-state index contributed by atoms with van der Waals surface area (Å²) in [6, 6.07) is 3.24. The third-order valence-corrected chi connectivity index (χ3v) is 4.90. The van der Waals surface area contributed by atoms with Crippen molar-refractivity contribution < 1.29 is 8.42 Å². The van der Waals surface area contributed by atoms with Gasteiger partial charge in [-0.3, -0.25) is 0 Å².